The minimum Gasteiger partial charge on any atom is -0.372 e. The van der Waals surface area contributed by atoms with Crippen molar-refractivity contribution in [1.29, 1.82) is 0 Å². The summed E-state index contributed by atoms with van der Waals surface area (Å²) < 4.78 is -0.556. The van der Waals surface area contributed by atoms with Gasteiger partial charge < -0.3 is 4.90 Å². The minimum absolute atomic E-state index is 0.556. The molecule has 1 aromatic carbocycles. The van der Waals surface area contributed by atoms with Crippen LogP contribution in [0, 0.1) is 0 Å². The third kappa shape index (κ3) is 7.51. The fraction of sp³-hybridized carbons (Fsp3) is 0.571. The lowest BCUT2D eigenvalue weighted by atomic mass is 10.1. The molecule has 1 aliphatic rings. The molecule has 1 nitrogen and oxygen atoms in total. The molecule has 1 heterocycles. The second kappa shape index (κ2) is 7.13. The second-order valence-corrected chi connectivity index (χ2v) is 6.79. The van der Waals surface area contributed by atoms with Crippen LogP contribution >= 0.6 is 23.2 Å². The number of rotatable bonds is 1. The minimum atomic E-state index is -0.556. The highest BCUT2D eigenvalue weighted by Crippen LogP contribution is 2.18. The summed E-state index contributed by atoms with van der Waals surface area (Å²) in [4.78, 5) is 2.48. The quantitative estimate of drug-likeness (QED) is 0.660. The van der Waals surface area contributed by atoms with Crippen LogP contribution in [0.1, 0.15) is 33.1 Å². The third-order valence-corrected chi connectivity index (χ3v) is 2.48. The zero-order valence-corrected chi connectivity index (χ0v) is 12.1. The molecular weight excluding hydrogens is 253 g/mol. The molecule has 0 radical (unpaired) electrons. The van der Waals surface area contributed by atoms with Gasteiger partial charge in [-0.3, -0.25) is 0 Å². The molecule has 0 saturated carbocycles. The van der Waals surface area contributed by atoms with Crippen LogP contribution in [0.15, 0.2) is 30.3 Å². The molecule has 0 unspecified atom stereocenters. The zero-order valence-electron chi connectivity index (χ0n) is 10.6. The van der Waals surface area contributed by atoms with E-state index in [-0.39, 0.29) is 0 Å². The molecule has 0 amide bonds. The molecule has 1 fully saturated rings. The van der Waals surface area contributed by atoms with Crippen molar-refractivity contribution in [2.24, 2.45) is 0 Å². The Morgan fingerprint density at radius 2 is 1.41 bits per heavy atom. The largest absolute Gasteiger partial charge is 0.372 e. The Labute approximate surface area is 115 Å². The van der Waals surface area contributed by atoms with Gasteiger partial charge in [-0.25, -0.2) is 0 Å². The molecule has 1 aromatic rings. The number of anilines is 1. The van der Waals surface area contributed by atoms with Gasteiger partial charge in [-0.15, -0.1) is 23.2 Å². The summed E-state index contributed by atoms with van der Waals surface area (Å²) >= 11 is 10.6. The molecule has 0 aliphatic carbocycles. The van der Waals surface area contributed by atoms with Gasteiger partial charge in [0, 0.05) is 18.8 Å². The van der Waals surface area contributed by atoms with Crippen LogP contribution < -0.4 is 4.90 Å². The van der Waals surface area contributed by atoms with E-state index in [0.717, 1.165) is 0 Å². The lowest BCUT2D eigenvalue weighted by molar-refractivity contribution is 0.578. The van der Waals surface area contributed by atoms with Gasteiger partial charge in [0.1, 0.15) is 4.33 Å². The van der Waals surface area contributed by atoms with Crippen LogP contribution in [0.2, 0.25) is 0 Å². The van der Waals surface area contributed by atoms with E-state index in [9.17, 15) is 0 Å². The first-order valence-corrected chi connectivity index (χ1v) is 6.90. The number of hydrogen-bond donors (Lipinski definition) is 0. The SMILES string of the molecule is CC(C)(Cl)Cl.c1ccc(N2CCCCC2)cc1. The number of nitrogens with zero attached hydrogens (tertiary/aromatic N) is 1. The van der Waals surface area contributed by atoms with Crippen molar-refractivity contribution in [3.63, 3.8) is 0 Å². The monoisotopic (exact) mass is 273 g/mol. The van der Waals surface area contributed by atoms with Gasteiger partial charge in [-0.2, -0.15) is 0 Å². The van der Waals surface area contributed by atoms with Crippen molar-refractivity contribution in [3.05, 3.63) is 30.3 Å². The van der Waals surface area contributed by atoms with Crippen molar-refractivity contribution >= 4 is 28.9 Å². The highest BCUT2D eigenvalue weighted by Gasteiger charge is 2.09. The fourth-order valence-corrected chi connectivity index (χ4v) is 1.79. The van der Waals surface area contributed by atoms with E-state index in [4.69, 9.17) is 23.2 Å². The molecule has 0 aromatic heterocycles. The predicted octanol–water partition coefficient (Wildman–Crippen LogP) is 4.88. The van der Waals surface area contributed by atoms with E-state index in [0.29, 0.717) is 0 Å². The molecule has 0 bridgehead atoms. The topological polar surface area (TPSA) is 3.24 Å². The summed E-state index contributed by atoms with van der Waals surface area (Å²) in [7, 11) is 0. The average molecular weight is 274 g/mol. The molecule has 0 spiro atoms. The van der Waals surface area contributed by atoms with Crippen molar-refractivity contribution in [2.75, 3.05) is 18.0 Å². The van der Waals surface area contributed by atoms with Gasteiger partial charge in [0.15, 0.2) is 0 Å². The van der Waals surface area contributed by atoms with Gasteiger partial charge in [-0.05, 0) is 45.2 Å². The smallest absolute Gasteiger partial charge is 0.112 e. The maximum Gasteiger partial charge on any atom is 0.112 e. The van der Waals surface area contributed by atoms with Crippen LogP contribution in [-0.4, -0.2) is 17.4 Å². The maximum absolute atomic E-state index is 5.30. The van der Waals surface area contributed by atoms with Crippen LogP contribution in [0.3, 0.4) is 0 Å². The number of para-hydroxylation sites is 1. The average Bonchev–Trinajstić information content (AvgIpc) is 2.29. The number of halogens is 2. The Bertz CT molecular complexity index is 294. The Morgan fingerprint density at radius 1 is 0.941 bits per heavy atom. The summed E-state index contributed by atoms with van der Waals surface area (Å²) in [6.07, 6.45) is 4.12. The van der Waals surface area contributed by atoms with Crippen LogP contribution in [0.4, 0.5) is 5.69 Å². The van der Waals surface area contributed by atoms with Gasteiger partial charge in [0.2, 0.25) is 0 Å². The van der Waals surface area contributed by atoms with E-state index in [1.807, 2.05) is 0 Å². The maximum atomic E-state index is 5.30. The van der Waals surface area contributed by atoms with Crippen LogP contribution in [-0.2, 0) is 0 Å². The van der Waals surface area contributed by atoms with Crippen molar-refractivity contribution in [2.45, 2.75) is 37.4 Å². The normalized spacial score (nSPS) is 16.1. The molecule has 1 saturated heterocycles. The Kier molecular flexibility index (Phi) is 6.15. The molecule has 2 rings (SSSR count). The van der Waals surface area contributed by atoms with E-state index in [2.05, 4.69) is 35.2 Å². The number of alkyl halides is 2. The lowest BCUT2D eigenvalue weighted by Crippen LogP contribution is -2.29. The van der Waals surface area contributed by atoms with Gasteiger partial charge >= 0.3 is 0 Å². The first-order valence-electron chi connectivity index (χ1n) is 6.14. The number of benzene rings is 1. The van der Waals surface area contributed by atoms with Crippen molar-refractivity contribution in [1.82, 2.24) is 0 Å². The van der Waals surface area contributed by atoms with Crippen LogP contribution in [0.25, 0.3) is 0 Å². The Hall–Kier alpha value is -0.400. The Morgan fingerprint density at radius 3 is 1.88 bits per heavy atom. The summed E-state index contributed by atoms with van der Waals surface area (Å²) in [5.41, 5.74) is 1.39. The van der Waals surface area contributed by atoms with Crippen LogP contribution in [0.5, 0.6) is 0 Å². The predicted molar refractivity (Wildman–Crippen MR) is 78.3 cm³/mol. The fourth-order valence-electron chi connectivity index (χ4n) is 1.79. The van der Waals surface area contributed by atoms with E-state index in [1.165, 1.54) is 38.0 Å². The molecule has 0 N–H and O–H groups in total. The van der Waals surface area contributed by atoms with Gasteiger partial charge in [0.25, 0.3) is 0 Å². The Balaban J connectivity index is 0.000000249. The van der Waals surface area contributed by atoms with E-state index >= 15 is 0 Å². The summed E-state index contributed by atoms with van der Waals surface area (Å²) in [5.74, 6) is 0. The zero-order chi connectivity index (χ0) is 12.7. The molecule has 1 aliphatic heterocycles. The molecule has 0 atom stereocenters. The molecular formula is C14H21Cl2N. The first kappa shape index (κ1) is 14.7. The van der Waals surface area contributed by atoms with Gasteiger partial charge in [-0.1, -0.05) is 18.2 Å². The lowest BCUT2D eigenvalue weighted by Gasteiger charge is -2.28. The third-order valence-electron chi connectivity index (χ3n) is 2.48. The van der Waals surface area contributed by atoms with Gasteiger partial charge in [0.05, 0.1) is 0 Å². The molecule has 96 valence electrons. The van der Waals surface area contributed by atoms with Crippen molar-refractivity contribution in [3.8, 4) is 0 Å². The highest BCUT2D eigenvalue weighted by molar-refractivity contribution is 6.47. The molecule has 17 heavy (non-hydrogen) atoms. The van der Waals surface area contributed by atoms with E-state index in [1.54, 1.807) is 13.8 Å². The highest BCUT2D eigenvalue weighted by atomic mass is 35.5. The summed E-state index contributed by atoms with van der Waals surface area (Å²) in [6.45, 7) is 5.92. The standard InChI is InChI=1S/C11H15N.C3H6Cl2/c1-3-7-11(8-4-1)12-9-5-2-6-10-12;1-3(2,4)5/h1,3-4,7-8H,2,5-6,9-10H2;1-2H3. The summed E-state index contributed by atoms with van der Waals surface area (Å²) in [6, 6.07) is 10.7. The number of piperidine rings is 1. The number of hydrogen-bond acceptors (Lipinski definition) is 1. The molecule has 3 heteroatoms. The van der Waals surface area contributed by atoms with E-state index < -0.39 is 4.33 Å². The second-order valence-electron chi connectivity index (χ2n) is 4.71. The summed E-state index contributed by atoms with van der Waals surface area (Å²) in [5, 5.41) is 0. The first-order chi connectivity index (χ1) is 7.97. The van der Waals surface area contributed by atoms with Crippen molar-refractivity contribution < 1.29 is 0 Å².